The largest absolute Gasteiger partial charge is 0.325 e. The van der Waals surface area contributed by atoms with Gasteiger partial charge in [0.05, 0.1) is 5.25 Å². The molecule has 0 aliphatic heterocycles. The zero-order valence-corrected chi connectivity index (χ0v) is 16.2. The molecule has 2 aromatic heterocycles. The fourth-order valence-electron chi connectivity index (χ4n) is 2.70. The van der Waals surface area contributed by atoms with E-state index < -0.39 is 0 Å². The van der Waals surface area contributed by atoms with Crippen LogP contribution in [0, 0.1) is 0 Å². The summed E-state index contributed by atoms with van der Waals surface area (Å²) in [4.78, 5) is 16.7. The van der Waals surface area contributed by atoms with Crippen LogP contribution in [0.15, 0.2) is 53.9 Å². The average Bonchev–Trinajstić information content (AvgIpc) is 3.44. The number of carbonyl (C=O) groups is 1. The Bertz CT molecular complexity index is 940. The Morgan fingerprint density at radius 3 is 2.70 bits per heavy atom. The highest BCUT2D eigenvalue weighted by atomic mass is 35.5. The lowest BCUT2D eigenvalue weighted by molar-refractivity contribution is -0.115. The van der Waals surface area contributed by atoms with Gasteiger partial charge in [0.2, 0.25) is 5.91 Å². The maximum absolute atomic E-state index is 12.5. The van der Waals surface area contributed by atoms with Crippen LogP contribution in [-0.4, -0.2) is 30.9 Å². The predicted octanol–water partition coefficient (Wildman–Crippen LogP) is 4.45. The summed E-state index contributed by atoms with van der Waals surface area (Å²) in [5.41, 5.74) is 1.65. The van der Waals surface area contributed by atoms with Gasteiger partial charge in [-0.3, -0.25) is 14.3 Å². The SMILES string of the molecule is C[C@@H](Sc1nnc(-c2cccnc2)n1C1CC1)C(=O)Nc1ccc(Cl)cc1. The molecule has 6 nitrogen and oxygen atoms in total. The van der Waals surface area contributed by atoms with Crippen molar-refractivity contribution in [1.82, 2.24) is 19.7 Å². The number of halogens is 1. The molecule has 0 saturated heterocycles. The topological polar surface area (TPSA) is 72.7 Å². The van der Waals surface area contributed by atoms with Crippen molar-refractivity contribution < 1.29 is 4.79 Å². The molecule has 1 amide bonds. The zero-order valence-electron chi connectivity index (χ0n) is 14.7. The van der Waals surface area contributed by atoms with Crippen LogP contribution >= 0.6 is 23.4 Å². The van der Waals surface area contributed by atoms with Crippen LogP contribution in [0.1, 0.15) is 25.8 Å². The standard InChI is InChI=1S/C19H18ClN5OS/c1-12(18(26)22-15-6-4-14(20)5-7-15)27-19-24-23-17(25(19)16-8-9-16)13-3-2-10-21-11-13/h2-7,10-12,16H,8-9H2,1H3,(H,22,26)/t12-/m1/s1. The molecule has 1 atom stereocenters. The molecule has 8 heteroatoms. The third-order valence-electron chi connectivity index (χ3n) is 4.26. The van der Waals surface area contributed by atoms with E-state index >= 15 is 0 Å². The minimum Gasteiger partial charge on any atom is -0.325 e. The van der Waals surface area contributed by atoms with Crippen LogP contribution in [0.25, 0.3) is 11.4 Å². The monoisotopic (exact) mass is 399 g/mol. The Kier molecular flexibility index (Phi) is 5.13. The first-order chi connectivity index (χ1) is 13.1. The second-order valence-electron chi connectivity index (χ2n) is 6.41. The maximum Gasteiger partial charge on any atom is 0.237 e. The van der Waals surface area contributed by atoms with Gasteiger partial charge < -0.3 is 5.32 Å². The Hall–Kier alpha value is -2.38. The quantitative estimate of drug-likeness (QED) is 0.620. The first-order valence-electron chi connectivity index (χ1n) is 8.70. The second kappa shape index (κ2) is 7.70. The molecule has 0 spiro atoms. The van der Waals surface area contributed by atoms with Gasteiger partial charge in [-0.2, -0.15) is 0 Å². The summed E-state index contributed by atoms with van der Waals surface area (Å²) in [6.45, 7) is 1.87. The summed E-state index contributed by atoms with van der Waals surface area (Å²) in [5.74, 6) is 0.717. The van der Waals surface area contributed by atoms with E-state index in [-0.39, 0.29) is 11.2 Å². The number of aromatic nitrogens is 4. The predicted molar refractivity (Wildman–Crippen MR) is 107 cm³/mol. The fraction of sp³-hybridized carbons (Fsp3) is 0.263. The molecule has 138 valence electrons. The molecular weight excluding hydrogens is 382 g/mol. The number of amides is 1. The maximum atomic E-state index is 12.5. The van der Waals surface area contributed by atoms with Gasteiger partial charge in [0.15, 0.2) is 11.0 Å². The van der Waals surface area contributed by atoms with Crippen LogP contribution in [0.3, 0.4) is 0 Å². The molecule has 1 aliphatic carbocycles. The molecule has 0 unspecified atom stereocenters. The molecule has 0 bridgehead atoms. The minimum atomic E-state index is -0.316. The van der Waals surface area contributed by atoms with Crippen molar-refractivity contribution in [1.29, 1.82) is 0 Å². The van der Waals surface area contributed by atoms with Crippen molar-refractivity contribution in [3.05, 3.63) is 53.8 Å². The van der Waals surface area contributed by atoms with Gasteiger partial charge in [-0.25, -0.2) is 0 Å². The van der Waals surface area contributed by atoms with Crippen LogP contribution in [0.2, 0.25) is 5.02 Å². The summed E-state index contributed by atoms with van der Waals surface area (Å²) in [7, 11) is 0. The number of hydrogen-bond donors (Lipinski definition) is 1. The molecule has 4 rings (SSSR count). The lowest BCUT2D eigenvalue weighted by Crippen LogP contribution is -2.22. The number of nitrogens with one attached hydrogen (secondary N) is 1. The Labute approximate surface area is 166 Å². The smallest absolute Gasteiger partial charge is 0.237 e. The van der Waals surface area contributed by atoms with E-state index in [0.29, 0.717) is 11.1 Å². The third-order valence-corrected chi connectivity index (χ3v) is 5.57. The number of carbonyl (C=O) groups excluding carboxylic acids is 1. The van der Waals surface area contributed by atoms with Crippen molar-refractivity contribution in [3.8, 4) is 11.4 Å². The van der Waals surface area contributed by atoms with Crippen molar-refractivity contribution in [3.63, 3.8) is 0 Å². The Morgan fingerprint density at radius 1 is 1.26 bits per heavy atom. The van der Waals surface area contributed by atoms with Crippen molar-refractivity contribution in [2.75, 3.05) is 5.32 Å². The van der Waals surface area contributed by atoms with E-state index in [2.05, 4.69) is 25.1 Å². The highest BCUT2D eigenvalue weighted by Gasteiger charge is 2.31. The number of nitrogens with zero attached hydrogens (tertiary/aromatic N) is 4. The number of anilines is 1. The minimum absolute atomic E-state index is 0.0874. The molecule has 2 heterocycles. The molecule has 1 aliphatic rings. The number of hydrogen-bond acceptors (Lipinski definition) is 5. The number of rotatable bonds is 6. The molecule has 3 aromatic rings. The van der Waals surface area contributed by atoms with Gasteiger partial charge in [0.25, 0.3) is 0 Å². The zero-order chi connectivity index (χ0) is 18.8. The average molecular weight is 400 g/mol. The normalized spacial score (nSPS) is 14.7. The lowest BCUT2D eigenvalue weighted by atomic mass is 10.3. The molecule has 1 N–H and O–H groups in total. The molecule has 1 fully saturated rings. The van der Waals surface area contributed by atoms with E-state index in [1.807, 2.05) is 19.1 Å². The first-order valence-corrected chi connectivity index (χ1v) is 9.96. The second-order valence-corrected chi connectivity index (χ2v) is 8.15. The molecule has 1 aromatic carbocycles. The highest BCUT2D eigenvalue weighted by Crippen LogP contribution is 2.41. The van der Waals surface area contributed by atoms with Crippen molar-refractivity contribution in [2.24, 2.45) is 0 Å². The lowest BCUT2D eigenvalue weighted by Gasteiger charge is -2.13. The van der Waals surface area contributed by atoms with Crippen molar-refractivity contribution >= 4 is 35.0 Å². The highest BCUT2D eigenvalue weighted by molar-refractivity contribution is 8.00. The third kappa shape index (κ3) is 4.14. The first kappa shape index (κ1) is 18.0. The summed E-state index contributed by atoms with van der Waals surface area (Å²) in [5, 5.41) is 12.7. The molecular formula is C19H18ClN5OS. The van der Waals surface area contributed by atoms with Gasteiger partial charge in [-0.1, -0.05) is 23.4 Å². The van der Waals surface area contributed by atoms with E-state index in [9.17, 15) is 4.79 Å². The molecule has 27 heavy (non-hydrogen) atoms. The van der Waals surface area contributed by atoms with E-state index in [0.717, 1.165) is 35.1 Å². The van der Waals surface area contributed by atoms with Gasteiger partial charge in [-0.05, 0) is 56.2 Å². The number of thioether (sulfide) groups is 1. The van der Waals surface area contributed by atoms with Crippen LogP contribution in [-0.2, 0) is 4.79 Å². The molecule has 1 saturated carbocycles. The van der Waals surface area contributed by atoms with Gasteiger partial charge in [0, 0.05) is 34.7 Å². The Balaban J connectivity index is 1.51. The van der Waals surface area contributed by atoms with Gasteiger partial charge >= 0.3 is 0 Å². The Morgan fingerprint density at radius 2 is 2.04 bits per heavy atom. The fourth-order valence-corrected chi connectivity index (χ4v) is 3.75. The van der Waals surface area contributed by atoms with Crippen LogP contribution in [0.5, 0.6) is 0 Å². The summed E-state index contributed by atoms with van der Waals surface area (Å²) in [6.07, 6.45) is 5.72. The molecule has 0 radical (unpaired) electrons. The summed E-state index contributed by atoms with van der Waals surface area (Å²) >= 11 is 7.30. The summed E-state index contributed by atoms with van der Waals surface area (Å²) in [6, 6.07) is 11.3. The number of pyridine rings is 1. The number of benzene rings is 1. The van der Waals surface area contributed by atoms with Crippen LogP contribution in [0.4, 0.5) is 5.69 Å². The van der Waals surface area contributed by atoms with Crippen LogP contribution < -0.4 is 5.32 Å². The van der Waals surface area contributed by atoms with Gasteiger partial charge in [-0.15, -0.1) is 10.2 Å². The summed E-state index contributed by atoms with van der Waals surface area (Å²) < 4.78 is 2.13. The van der Waals surface area contributed by atoms with E-state index in [1.165, 1.54) is 11.8 Å². The van der Waals surface area contributed by atoms with E-state index in [1.54, 1.807) is 36.7 Å². The van der Waals surface area contributed by atoms with Gasteiger partial charge in [0.1, 0.15) is 0 Å². The van der Waals surface area contributed by atoms with Crippen molar-refractivity contribution in [2.45, 2.75) is 36.2 Å². The van der Waals surface area contributed by atoms with E-state index in [4.69, 9.17) is 11.6 Å².